The molecule has 0 aromatic heterocycles. The molecule has 3 heteroatoms. The number of hydrogen-bond acceptors (Lipinski definition) is 3. The Kier molecular flexibility index (Phi) is 3.17. The molecular formula is C9H10NOS. The molecule has 0 spiro atoms. The standard InChI is InChI=1S/C9H10NOS/c10-8-3-1-7(2-4-8)5-9(12)6-11/h1-4,9,12H,5,10H2. The van der Waals surface area contributed by atoms with E-state index in [4.69, 9.17) is 5.73 Å². The molecule has 0 saturated heterocycles. The normalized spacial score (nSPS) is 12.4. The van der Waals surface area contributed by atoms with Crippen molar-refractivity contribution in [3.8, 4) is 0 Å². The highest BCUT2D eigenvalue weighted by atomic mass is 32.1. The Morgan fingerprint density at radius 3 is 2.50 bits per heavy atom. The molecular weight excluding hydrogens is 170 g/mol. The highest BCUT2D eigenvalue weighted by Crippen LogP contribution is 2.09. The van der Waals surface area contributed by atoms with Crippen LogP contribution < -0.4 is 5.73 Å². The Bertz CT molecular complexity index is 258. The lowest BCUT2D eigenvalue weighted by Crippen LogP contribution is -2.04. The van der Waals surface area contributed by atoms with Crippen molar-refractivity contribution in [2.75, 3.05) is 5.73 Å². The zero-order valence-electron chi connectivity index (χ0n) is 6.53. The maximum absolute atomic E-state index is 10.2. The van der Waals surface area contributed by atoms with Gasteiger partial charge in [-0.05, 0) is 24.1 Å². The topological polar surface area (TPSA) is 43.1 Å². The fraction of sp³-hybridized carbons (Fsp3) is 0.222. The summed E-state index contributed by atoms with van der Waals surface area (Å²) < 4.78 is 0. The maximum Gasteiger partial charge on any atom is 0.212 e. The van der Waals surface area contributed by atoms with Gasteiger partial charge in [-0.15, -0.1) is 0 Å². The van der Waals surface area contributed by atoms with E-state index in [0.717, 1.165) is 11.3 Å². The van der Waals surface area contributed by atoms with Gasteiger partial charge in [0, 0.05) is 5.69 Å². The van der Waals surface area contributed by atoms with Gasteiger partial charge in [0.25, 0.3) is 0 Å². The zero-order chi connectivity index (χ0) is 8.97. The van der Waals surface area contributed by atoms with E-state index >= 15 is 0 Å². The van der Waals surface area contributed by atoms with Crippen LogP contribution in [0.15, 0.2) is 24.3 Å². The summed E-state index contributed by atoms with van der Waals surface area (Å²) in [5.74, 6) is 0. The summed E-state index contributed by atoms with van der Waals surface area (Å²) >= 11 is 4.01. The van der Waals surface area contributed by atoms with Gasteiger partial charge in [-0.2, -0.15) is 12.6 Å². The van der Waals surface area contributed by atoms with Crippen LogP contribution in [-0.2, 0) is 11.2 Å². The van der Waals surface area contributed by atoms with E-state index in [9.17, 15) is 4.79 Å². The monoisotopic (exact) mass is 180 g/mol. The minimum Gasteiger partial charge on any atom is -0.399 e. The average Bonchev–Trinajstić information content (AvgIpc) is 2.09. The van der Waals surface area contributed by atoms with Crippen LogP contribution in [0.4, 0.5) is 5.69 Å². The molecule has 1 rings (SSSR count). The highest BCUT2D eigenvalue weighted by molar-refractivity contribution is 7.81. The lowest BCUT2D eigenvalue weighted by atomic mass is 10.1. The van der Waals surface area contributed by atoms with Gasteiger partial charge in [-0.1, -0.05) is 12.1 Å². The van der Waals surface area contributed by atoms with Crippen molar-refractivity contribution >= 4 is 24.6 Å². The first-order valence-corrected chi connectivity index (χ1v) is 4.14. The van der Waals surface area contributed by atoms with Gasteiger partial charge < -0.3 is 5.73 Å². The molecule has 0 aliphatic carbocycles. The molecule has 1 aromatic rings. The van der Waals surface area contributed by atoms with Crippen LogP contribution in [0, 0.1) is 0 Å². The first kappa shape index (κ1) is 9.13. The summed E-state index contributed by atoms with van der Waals surface area (Å²) in [6.45, 7) is 0. The van der Waals surface area contributed by atoms with Crippen LogP contribution >= 0.6 is 12.6 Å². The molecule has 2 nitrogen and oxygen atoms in total. The first-order valence-electron chi connectivity index (χ1n) is 3.62. The minimum absolute atomic E-state index is 0.339. The zero-order valence-corrected chi connectivity index (χ0v) is 7.42. The van der Waals surface area contributed by atoms with E-state index in [1.165, 1.54) is 0 Å². The predicted octanol–water partition coefficient (Wildman–Crippen LogP) is 1.22. The van der Waals surface area contributed by atoms with Crippen LogP contribution in [-0.4, -0.2) is 11.5 Å². The maximum atomic E-state index is 10.2. The Hall–Kier alpha value is -0.960. The third-order valence-corrected chi connectivity index (χ3v) is 1.83. The summed E-state index contributed by atoms with van der Waals surface area (Å²) in [6.07, 6.45) is 2.42. The van der Waals surface area contributed by atoms with E-state index < -0.39 is 0 Å². The first-order chi connectivity index (χ1) is 5.72. The Balaban J connectivity index is 2.64. The lowest BCUT2D eigenvalue weighted by Gasteiger charge is -2.02. The third kappa shape index (κ3) is 2.58. The summed E-state index contributed by atoms with van der Waals surface area (Å²) in [5, 5.41) is -0.339. The number of nitrogens with two attached hydrogens (primary N) is 1. The third-order valence-electron chi connectivity index (χ3n) is 1.54. The van der Waals surface area contributed by atoms with Gasteiger partial charge in [0.2, 0.25) is 6.29 Å². The molecule has 0 bridgehead atoms. The second-order valence-corrected chi connectivity index (χ2v) is 3.20. The molecule has 0 aliphatic rings. The van der Waals surface area contributed by atoms with Gasteiger partial charge >= 0.3 is 0 Å². The summed E-state index contributed by atoms with van der Waals surface area (Å²) in [7, 11) is 0. The fourth-order valence-electron chi connectivity index (χ4n) is 0.919. The Morgan fingerprint density at radius 2 is 2.00 bits per heavy atom. The van der Waals surface area contributed by atoms with E-state index in [2.05, 4.69) is 12.6 Å². The molecule has 63 valence electrons. The summed E-state index contributed by atoms with van der Waals surface area (Å²) in [6, 6.07) is 7.38. The van der Waals surface area contributed by atoms with Crippen LogP contribution in [0.1, 0.15) is 5.56 Å². The van der Waals surface area contributed by atoms with Crippen molar-refractivity contribution in [1.82, 2.24) is 0 Å². The van der Waals surface area contributed by atoms with Crippen molar-refractivity contribution in [2.24, 2.45) is 0 Å². The van der Waals surface area contributed by atoms with Crippen molar-refractivity contribution in [1.29, 1.82) is 0 Å². The number of benzene rings is 1. The number of carbonyl (C=O) groups excluding carboxylic acids is 1. The van der Waals surface area contributed by atoms with E-state index in [0.29, 0.717) is 6.42 Å². The van der Waals surface area contributed by atoms with Crippen LogP contribution in [0.2, 0.25) is 0 Å². The highest BCUT2D eigenvalue weighted by Gasteiger charge is 2.02. The molecule has 0 heterocycles. The molecule has 1 radical (unpaired) electrons. The Labute approximate surface area is 77.2 Å². The molecule has 2 N–H and O–H groups in total. The fourth-order valence-corrected chi connectivity index (χ4v) is 1.13. The quantitative estimate of drug-likeness (QED) is 0.542. The van der Waals surface area contributed by atoms with Crippen LogP contribution in [0.5, 0.6) is 0 Å². The van der Waals surface area contributed by atoms with Crippen molar-refractivity contribution in [3.63, 3.8) is 0 Å². The molecule has 0 aliphatic heterocycles. The summed E-state index contributed by atoms with van der Waals surface area (Å²) in [5.41, 5.74) is 7.27. The van der Waals surface area contributed by atoms with Gasteiger partial charge in [0.1, 0.15) is 0 Å². The lowest BCUT2D eigenvalue weighted by molar-refractivity contribution is 0.553. The number of hydrogen-bond donors (Lipinski definition) is 2. The molecule has 1 aromatic carbocycles. The molecule has 1 unspecified atom stereocenters. The van der Waals surface area contributed by atoms with E-state index in [1.807, 2.05) is 18.4 Å². The van der Waals surface area contributed by atoms with E-state index in [-0.39, 0.29) is 5.25 Å². The minimum atomic E-state index is -0.339. The second kappa shape index (κ2) is 4.16. The van der Waals surface area contributed by atoms with Gasteiger partial charge in [-0.25, -0.2) is 0 Å². The molecule has 0 saturated carbocycles. The molecule has 12 heavy (non-hydrogen) atoms. The number of rotatable bonds is 3. The van der Waals surface area contributed by atoms with Crippen molar-refractivity contribution < 1.29 is 4.79 Å². The van der Waals surface area contributed by atoms with Crippen LogP contribution in [0.25, 0.3) is 0 Å². The number of anilines is 1. The van der Waals surface area contributed by atoms with Crippen LogP contribution in [0.3, 0.4) is 0 Å². The molecule has 0 amide bonds. The largest absolute Gasteiger partial charge is 0.399 e. The van der Waals surface area contributed by atoms with Crippen molar-refractivity contribution in [3.05, 3.63) is 29.8 Å². The second-order valence-electron chi connectivity index (χ2n) is 2.58. The summed E-state index contributed by atoms with van der Waals surface area (Å²) in [4.78, 5) is 10.2. The van der Waals surface area contributed by atoms with E-state index in [1.54, 1.807) is 12.1 Å². The van der Waals surface area contributed by atoms with Gasteiger partial charge in [0.15, 0.2) is 0 Å². The van der Waals surface area contributed by atoms with Crippen molar-refractivity contribution in [2.45, 2.75) is 11.7 Å². The van der Waals surface area contributed by atoms with Gasteiger partial charge in [-0.3, -0.25) is 4.79 Å². The van der Waals surface area contributed by atoms with Gasteiger partial charge in [0.05, 0.1) is 5.25 Å². The SMILES string of the molecule is Nc1ccc(CC(S)[C]=O)cc1. The molecule has 0 fully saturated rings. The average molecular weight is 180 g/mol. The predicted molar refractivity (Wildman–Crippen MR) is 53.0 cm³/mol. The molecule has 1 atom stereocenters. The smallest absolute Gasteiger partial charge is 0.212 e. The number of nitrogen functional groups attached to an aromatic ring is 1. The Morgan fingerprint density at radius 1 is 1.42 bits per heavy atom. The number of thiol groups is 1.